The zero-order valence-electron chi connectivity index (χ0n) is 11.9. The second kappa shape index (κ2) is 7.36. The molecular formula is C15H24N2O2. The molecule has 1 aromatic rings. The zero-order valence-corrected chi connectivity index (χ0v) is 11.9. The van der Waals surface area contributed by atoms with Crippen molar-refractivity contribution >= 4 is 0 Å². The van der Waals surface area contributed by atoms with E-state index < -0.39 is 0 Å². The average Bonchev–Trinajstić information content (AvgIpc) is 2.46. The molecule has 0 aliphatic carbocycles. The first kappa shape index (κ1) is 14.2. The van der Waals surface area contributed by atoms with Crippen LogP contribution in [0.3, 0.4) is 0 Å². The van der Waals surface area contributed by atoms with Gasteiger partial charge in [0.25, 0.3) is 0 Å². The van der Waals surface area contributed by atoms with Crippen LogP contribution in [-0.4, -0.2) is 31.8 Å². The molecule has 0 unspecified atom stereocenters. The number of nitrogens with zero attached hydrogens (tertiary/aromatic N) is 1. The first-order valence-electron chi connectivity index (χ1n) is 7.12. The first-order valence-corrected chi connectivity index (χ1v) is 7.12. The van der Waals surface area contributed by atoms with Crippen LogP contribution in [0.2, 0.25) is 0 Å². The van der Waals surface area contributed by atoms with Gasteiger partial charge in [-0.1, -0.05) is 18.6 Å². The van der Waals surface area contributed by atoms with Gasteiger partial charge in [0.1, 0.15) is 0 Å². The fourth-order valence-corrected chi connectivity index (χ4v) is 2.45. The zero-order chi connectivity index (χ0) is 13.5. The number of nitrogens with one attached hydrogen (secondary N) is 1. The van der Waals surface area contributed by atoms with Crippen LogP contribution in [0.15, 0.2) is 18.2 Å². The van der Waals surface area contributed by atoms with Crippen LogP contribution >= 0.6 is 0 Å². The summed E-state index contributed by atoms with van der Waals surface area (Å²) in [7, 11) is 1.70. The Balaban J connectivity index is 2.00. The van der Waals surface area contributed by atoms with Crippen molar-refractivity contribution < 1.29 is 9.47 Å². The predicted octanol–water partition coefficient (Wildman–Crippen LogP) is 2.58. The Morgan fingerprint density at radius 3 is 2.68 bits per heavy atom. The molecule has 106 valence electrons. The summed E-state index contributed by atoms with van der Waals surface area (Å²) >= 11 is 0. The molecule has 1 fully saturated rings. The fraction of sp³-hybridized carbons (Fsp3) is 0.600. The third kappa shape index (κ3) is 3.85. The predicted molar refractivity (Wildman–Crippen MR) is 76.4 cm³/mol. The number of benzene rings is 1. The molecule has 19 heavy (non-hydrogen) atoms. The van der Waals surface area contributed by atoms with E-state index in [0.29, 0.717) is 6.61 Å². The maximum absolute atomic E-state index is 5.59. The number of methoxy groups -OCH3 is 1. The second-order valence-electron chi connectivity index (χ2n) is 4.76. The molecule has 4 nitrogen and oxygen atoms in total. The topological polar surface area (TPSA) is 33.7 Å². The SMILES string of the molecule is CCOc1cccc(CNN2CCCCC2)c1OC. The lowest BCUT2D eigenvalue weighted by atomic mass is 10.1. The minimum Gasteiger partial charge on any atom is -0.493 e. The van der Waals surface area contributed by atoms with Gasteiger partial charge in [-0.05, 0) is 25.8 Å². The molecule has 0 atom stereocenters. The number of hydrogen-bond acceptors (Lipinski definition) is 4. The van der Waals surface area contributed by atoms with Crippen LogP contribution in [0.1, 0.15) is 31.7 Å². The van der Waals surface area contributed by atoms with Crippen molar-refractivity contribution in [2.45, 2.75) is 32.7 Å². The summed E-state index contributed by atoms with van der Waals surface area (Å²) in [4.78, 5) is 0. The Labute approximate surface area is 115 Å². The van der Waals surface area contributed by atoms with Crippen LogP contribution < -0.4 is 14.9 Å². The van der Waals surface area contributed by atoms with Crippen LogP contribution in [0.4, 0.5) is 0 Å². The summed E-state index contributed by atoms with van der Waals surface area (Å²) in [6.45, 7) is 5.68. The van der Waals surface area contributed by atoms with Gasteiger partial charge in [0, 0.05) is 25.2 Å². The standard InChI is InChI=1S/C15H24N2O2/c1-3-19-14-9-7-8-13(15(14)18-2)12-16-17-10-5-4-6-11-17/h7-9,16H,3-6,10-12H2,1-2H3. The van der Waals surface area contributed by atoms with Crippen LogP contribution in [0.25, 0.3) is 0 Å². The molecule has 0 spiro atoms. The number of ether oxygens (including phenoxy) is 2. The highest BCUT2D eigenvalue weighted by molar-refractivity contribution is 5.46. The molecular weight excluding hydrogens is 240 g/mol. The number of hydrazine groups is 1. The van der Waals surface area contributed by atoms with Gasteiger partial charge in [0.05, 0.1) is 13.7 Å². The lowest BCUT2D eigenvalue weighted by Crippen LogP contribution is -2.41. The summed E-state index contributed by atoms with van der Waals surface area (Å²) in [5.74, 6) is 1.66. The molecule has 0 amide bonds. The Hall–Kier alpha value is -1.26. The summed E-state index contributed by atoms with van der Waals surface area (Å²) in [5, 5.41) is 2.30. The van der Waals surface area contributed by atoms with Gasteiger partial charge < -0.3 is 9.47 Å². The molecule has 1 aromatic carbocycles. The van der Waals surface area contributed by atoms with Crippen molar-refractivity contribution in [3.05, 3.63) is 23.8 Å². The van der Waals surface area contributed by atoms with Gasteiger partial charge in [0.2, 0.25) is 0 Å². The van der Waals surface area contributed by atoms with E-state index in [2.05, 4.69) is 16.5 Å². The van der Waals surface area contributed by atoms with E-state index in [1.54, 1.807) is 7.11 Å². The number of para-hydroxylation sites is 1. The molecule has 2 rings (SSSR count). The summed E-state index contributed by atoms with van der Waals surface area (Å²) < 4.78 is 11.1. The fourth-order valence-electron chi connectivity index (χ4n) is 2.45. The molecule has 1 N–H and O–H groups in total. The van der Waals surface area contributed by atoms with Gasteiger partial charge in [-0.3, -0.25) is 5.43 Å². The van der Waals surface area contributed by atoms with Crippen molar-refractivity contribution in [2.24, 2.45) is 0 Å². The Bertz CT molecular complexity index is 390. The van der Waals surface area contributed by atoms with Crippen LogP contribution in [0, 0.1) is 0 Å². The minimum atomic E-state index is 0.652. The van der Waals surface area contributed by atoms with E-state index >= 15 is 0 Å². The van der Waals surface area contributed by atoms with E-state index in [1.165, 1.54) is 19.3 Å². The molecule has 1 aliphatic heterocycles. The third-order valence-corrected chi connectivity index (χ3v) is 3.41. The summed E-state index contributed by atoms with van der Waals surface area (Å²) in [6.07, 6.45) is 3.91. The number of piperidine rings is 1. The molecule has 1 aliphatic rings. The lowest BCUT2D eigenvalue weighted by Gasteiger charge is -2.27. The van der Waals surface area contributed by atoms with Gasteiger partial charge in [-0.2, -0.15) is 0 Å². The molecule has 1 saturated heterocycles. The van der Waals surface area contributed by atoms with E-state index in [4.69, 9.17) is 9.47 Å². The van der Waals surface area contributed by atoms with Crippen molar-refractivity contribution in [3.8, 4) is 11.5 Å². The van der Waals surface area contributed by atoms with Crippen molar-refractivity contribution in [1.82, 2.24) is 10.4 Å². The van der Waals surface area contributed by atoms with Crippen molar-refractivity contribution in [3.63, 3.8) is 0 Å². The molecule has 0 bridgehead atoms. The summed E-state index contributed by atoms with van der Waals surface area (Å²) in [5.41, 5.74) is 4.62. The maximum Gasteiger partial charge on any atom is 0.165 e. The molecule has 0 saturated carbocycles. The quantitative estimate of drug-likeness (QED) is 0.856. The van der Waals surface area contributed by atoms with Crippen LogP contribution in [-0.2, 0) is 6.54 Å². The van der Waals surface area contributed by atoms with E-state index in [0.717, 1.165) is 36.7 Å². The number of hydrogen-bond donors (Lipinski definition) is 1. The second-order valence-corrected chi connectivity index (χ2v) is 4.76. The highest BCUT2D eigenvalue weighted by atomic mass is 16.5. The lowest BCUT2D eigenvalue weighted by molar-refractivity contribution is 0.150. The van der Waals surface area contributed by atoms with Gasteiger partial charge in [0.15, 0.2) is 11.5 Å². The van der Waals surface area contributed by atoms with Gasteiger partial charge in [-0.25, -0.2) is 5.01 Å². The molecule has 0 aromatic heterocycles. The Morgan fingerprint density at radius 1 is 1.21 bits per heavy atom. The van der Waals surface area contributed by atoms with Crippen molar-refractivity contribution in [1.29, 1.82) is 0 Å². The number of rotatable bonds is 6. The van der Waals surface area contributed by atoms with Gasteiger partial charge in [-0.15, -0.1) is 0 Å². The smallest absolute Gasteiger partial charge is 0.165 e. The largest absolute Gasteiger partial charge is 0.493 e. The third-order valence-electron chi connectivity index (χ3n) is 3.41. The highest BCUT2D eigenvalue weighted by Crippen LogP contribution is 2.31. The monoisotopic (exact) mass is 264 g/mol. The first-order chi connectivity index (χ1) is 9.35. The highest BCUT2D eigenvalue weighted by Gasteiger charge is 2.13. The van der Waals surface area contributed by atoms with E-state index in [9.17, 15) is 0 Å². The van der Waals surface area contributed by atoms with Crippen LogP contribution in [0.5, 0.6) is 11.5 Å². The molecule has 0 radical (unpaired) electrons. The molecule has 1 heterocycles. The minimum absolute atomic E-state index is 0.652. The van der Waals surface area contributed by atoms with Gasteiger partial charge >= 0.3 is 0 Å². The normalized spacial score (nSPS) is 16.3. The van der Waals surface area contributed by atoms with E-state index in [-0.39, 0.29) is 0 Å². The Morgan fingerprint density at radius 2 is 2.00 bits per heavy atom. The van der Waals surface area contributed by atoms with E-state index in [1.807, 2.05) is 19.1 Å². The Kier molecular flexibility index (Phi) is 5.48. The van der Waals surface area contributed by atoms with Crippen molar-refractivity contribution in [2.75, 3.05) is 26.8 Å². The average molecular weight is 264 g/mol. The molecule has 4 heteroatoms. The maximum atomic E-state index is 5.59. The summed E-state index contributed by atoms with van der Waals surface area (Å²) in [6, 6.07) is 6.05.